The van der Waals surface area contributed by atoms with Gasteiger partial charge in [0.1, 0.15) is 5.69 Å². The lowest BCUT2D eigenvalue weighted by Gasteiger charge is -2.34. The molecular weight excluding hydrogens is 350 g/mol. The van der Waals surface area contributed by atoms with E-state index in [1.165, 1.54) is 12.1 Å². The number of piperazine rings is 1. The number of anilines is 1. The van der Waals surface area contributed by atoms with Crippen molar-refractivity contribution >= 4 is 27.3 Å². The van der Waals surface area contributed by atoms with E-state index in [1.54, 1.807) is 4.90 Å². The van der Waals surface area contributed by atoms with Crippen LogP contribution in [0, 0.1) is 10.1 Å². The summed E-state index contributed by atoms with van der Waals surface area (Å²) in [6, 6.07) is 3.46. The van der Waals surface area contributed by atoms with Crippen LogP contribution in [0.25, 0.3) is 0 Å². The van der Waals surface area contributed by atoms with E-state index in [1.807, 2.05) is 6.92 Å². The van der Waals surface area contributed by atoms with Crippen LogP contribution in [0.5, 0.6) is 0 Å². The quantitative estimate of drug-likeness (QED) is 0.466. The number of hydrogen-bond acceptors (Lipinski definition) is 7. The van der Waals surface area contributed by atoms with Gasteiger partial charge in [0.2, 0.25) is 15.9 Å². The second kappa shape index (κ2) is 7.76. The van der Waals surface area contributed by atoms with Crippen LogP contribution < -0.4 is 15.8 Å². The number of benzene rings is 1. The number of nitrogens with one attached hydrogen (secondary N) is 2. The molecule has 0 unspecified atom stereocenters. The lowest BCUT2D eigenvalue weighted by Crippen LogP contribution is -2.52. The van der Waals surface area contributed by atoms with E-state index in [0.29, 0.717) is 6.54 Å². The first kappa shape index (κ1) is 19.1. The fourth-order valence-corrected chi connectivity index (χ4v) is 3.18. The Morgan fingerprint density at radius 2 is 2.24 bits per heavy atom. The minimum absolute atomic E-state index is 0.0368. The van der Waals surface area contributed by atoms with E-state index in [9.17, 15) is 23.3 Å². The van der Waals surface area contributed by atoms with Crippen LogP contribution in [-0.2, 0) is 14.8 Å². The van der Waals surface area contributed by atoms with Crippen molar-refractivity contribution in [2.24, 2.45) is 5.14 Å². The predicted molar refractivity (Wildman–Crippen MR) is 91.6 cm³/mol. The largest absolute Gasteiger partial charge is 0.379 e. The van der Waals surface area contributed by atoms with Gasteiger partial charge in [-0.15, -0.1) is 0 Å². The number of nitro benzene ring substituents is 1. The number of sulfonamides is 1. The van der Waals surface area contributed by atoms with Crippen molar-refractivity contribution in [1.29, 1.82) is 0 Å². The van der Waals surface area contributed by atoms with Gasteiger partial charge in [0.25, 0.3) is 5.69 Å². The van der Waals surface area contributed by atoms with Gasteiger partial charge < -0.3 is 15.5 Å². The molecule has 11 heteroatoms. The standard InChI is InChI=1S/C14H21N5O5S/c1-10-9-16-6-7-18(10)14(20)4-5-17-12-3-2-11(25(15,23)24)8-13(12)19(21)22/h2-3,8,10,16-17H,4-7,9H2,1H3,(H2,15,23,24)/t10-/m1/s1. The molecule has 4 N–H and O–H groups in total. The molecule has 0 aliphatic carbocycles. The molecule has 1 atom stereocenters. The lowest BCUT2D eigenvalue weighted by molar-refractivity contribution is -0.384. The molecule has 138 valence electrons. The Hall–Kier alpha value is -2.24. The monoisotopic (exact) mass is 371 g/mol. The van der Waals surface area contributed by atoms with Crippen LogP contribution in [-0.4, -0.2) is 56.4 Å². The summed E-state index contributed by atoms with van der Waals surface area (Å²) in [5.41, 5.74) is -0.270. The fraction of sp³-hybridized carbons (Fsp3) is 0.500. The third-order valence-electron chi connectivity index (χ3n) is 3.97. The van der Waals surface area contributed by atoms with Crippen molar-refractivity contribution in [3.05, 3.63) is 28.3 Å². The van der Waals surface area contributed by atoms with E-state index in [2.05, 4.69) is 10.6 Å². The Kier molecular flexibility index (Phi) is 5.93. The topological polar surface area (TPSA) is 148 Å². The highest BCUT2D eigenvalue weighted by atomic mass is 32.2. The van der Waals surface area contributed by atoms with E-state index in [0.717, 1.165) is 19.2 Å². The molecule has 0 saturated carbocycles. The first-order valence-electron chi connectivity index (χ1n) is 7.75. The van der Waals surface area contributed by atoms with E-state index >= 15 is 0 Å². The minimum Gasteiger partial charge on any atom is -0.379 e. The number of nitro groups is 1. The first-order chi connectivity index (χ1) is 11.7. The van der Waals surface area contributed by atoms with Gasteiger partial charge in [0, 0.05) is 44.7 Å². The number of carbonyl (C=O) groups is 1. The van der Waals surface area contributed by atoms with Crippen molar-refractivity contribution in [2.45, 2.75) is 24.3 Å². The van der Waals surface area contributed by atoms with Crippen molar-refractivity contribution in [2.75, 3.05) is 31.5 Å². The summed E-state index contributed by atoms with van der Waals surface area (Å²) >= 11 is 0. The SMILES string of the molecule is C[C@@H]1CNCCN1C(=O)CCNc1ccc(S(N)(=O)=O)cc1[N+](=O)[O-]. The summed E-state index contributed by atoms with van der Waals surface area (Å²) in [5.74, 6) is -0.0368. The molecule has 1 fully saturated rings. The highest BCUT2D eigenvalue weighted by molar-refractivity contribution is 7.89. The zero-order chi connectivity index (χ0) is 18.6. The summed E-state index contributed by atoms with van der Waals surface area (Å²) in [6.45, 7) is 4.26. The molecule has 1 saturated heterocycles. The number of amides is 1. The van der Waals surface area contributed by atoms with Crippen LogP contribution in [0.1, 0.15) is 13.3 Å². The molecule has 1 heterocycles. The van der Waals surface area contributed by atoms with Crippen molar-refractivity contribution < 1.29 is 18.1 Å². The average molecular weight is 371 g/mol. The third kappa shape index (κ3) is 4.87. The first-order valence-corrected chi connectivity index (χ1v) is 9.30. The zero-order valence-corrected chi connectivity index (χ0v) is 14.6. The summed E-state index contributed by atoms with van der Waals surface area (Å²) in [6.07, 6.45) is 0.179. The maximum atomic E-state index is 12.2. The number of hydrogen-bond donors (Lipinski definition) is 3. The Morgan fingerprint density at radius 3 is 2.84 bits per heavy atom. The van der Waals surface area contributed by atoms with Crippen LogP contribution in [0.4, 0.5) is 11.4 Å². The van der Waals surface area contributed by atoms with Gasteiger partial charge in [-0.1, -0.05) is 0 Å². The number of nitrogens with two attached hydrogens (primary N) is 1. The van der Waals surface area contributed by atoms with Crippen LogP contribution in [0.3, 0.4) is 0 Å². The van der Waals surface area contributed by atoms with Gasteiger partial charge in [-0.3, -0.25) is 14.9 Å². The van der Waals surface area contributed by atoms with Gasteiger partial charge in [0.05, 0.1) is 9.82 Å². The summed E-state index contributed by atoms with van der Waals surface area (Å²) in [5, 5.41) is 22.1. The maximum Gasteiger partial charge on any atom is 0.293 e. The zero-order valence-electron chi connectivity index (χ0n) is 13.8. The highest BCUT2D eigenvalue weighted by Crippen LogP contribution is 2.27. The van der Waals surface area contributed by atoms with Crippen LogP contribution in [0.15, 0.2) is 23.1 Å². The van der Waals surface area contributed by atoms with Crippen LogP contribution in [0.2, 0.25) is 0 Å². The normalized spacial score (nSPS) is 18.0. The second-order valence-electron chi connectivity index (χ2n) is 5.80. The maximum absolute atomic E-state index is 12.2. The molecule has 1 aliphatic rings. The van der Waals surface area contributed by atoms with Gasteiger partial charge >= 0.3 is 0 Å². The minimum atomic E-state index is -4.03. The third-order valence-corrected chi connectivity index (χ3v) is 4.88. The summed E-state index contributed by atoms with van der Waals surface area (Å²) in [4.78, 5) is 24.1. The van der Waals surface area contributed by atoms with Crippen molar-refractivity contribution in [1.82, 2.24) is 10.2 Å². The molecule has 1 aliphatic heterocycles. The predicted octanol–water partition coefficient (Wildman–Crippen LogP) is -0.135. The molecule has 1 amide bonds. The average Bonchev–Trinajstić information content (AvgIpc) is 2.54. The fourth-order valence-electron chi connectivity index (χ4n) is 2.65. The summed E-state index contributed by atoms with van der Waals surface area (Å²) in [7, 11) is -4.03. The molecule has 10 nitrogen and oxygen atoms in total. The van der Waals surface area contributed by atoms with Crippen molar-refractivity contribution in [3.63, 3.8) is 0 Å². The number of rotatable bonds is 6. The van der Waals surface area contributed by atoms with Gasteiger partial charge in [-0.25, -0.2) is 13.6 Å². The van der Waals surface area contributed by atoms with E-state index < -0.39 is 20.6 Å². The number of carbonyl (C=O) groups excluding carboxylic acids is 1. The molecule has 2 rings (SSSR count). The summed E-state index contributed by atoms with van der Waals surface area (Å²) < 4.78 is 22.6. The molecule has 0 bridgehead atoms. The molecule has 0 aromatic heterocycles. The molecule has 1 aromatic rings. The Bertz CT molecular complexity index is 767. The molecular formula is C14H21N5O5S. The highest BCUT2D eigenvalue weighted by Gasteiger charge is 2.23. The van der Waals surface area contributed by atoms with Gasteiger partial charge in [-0.05, 0) is 19.1 Å². The second-order valence-corrected chi connectivity index (χ2v) is 7.36. The lowest BCUT2D eigenvalue weighted by atomic mass is 10.2. The van der Waals surface area contributed by atoms with Crippen molar-refractivity contribution in [3.8, 4) is 0 Å². The molecule has 0 radical (unpaired) electrons. The van der Waals surface area contributed by atoms with Gasteiger partial charge in [0.15, 0.2) is 0 Å². The smallest absolute Gasteiger partial charge is 0.293 e. The molecule has 25 heavy (non-hydrogen) atoms. The Balaban J connectivity index is 2.03. The Labute approximate surface area is 145 Å². The van der Waals surface area contributed by atoms with Gasteiger partial charge in [-0.2, -0.15) is 0 Å². The Morgan fingerprint density at radius 1 is 1.52 bits per heavy atom. The number of primary sulfonamides is 1. The number of nitrogens with zero attached hydrogens (tertiary/aromatic N) is 2. The van der Waals surface area contributed by atoms with E-state index in [-0.39, 0.29) is 35.5 Å². The molecule has 0 spiro atoms. The van der Waals surface area contributed by atoms with E-state index in [4.69, 9.17) is 5.14 Å². The van der Waals surface area contributed by atoms with Crippen LogP contribution >= 0.6 is 0 Å². The molecule has 1 aromatic carbocycles.